The van der Waals surface area contributed by atoms with Gasteiger partial charge in [0.2, 0.25) is 5.91 Å². The lowest BCUT2D eigenvalue weighted by molar-refractivity contribution is -0.131. The SMILES string of the molecule is CCc1nc(N)c(C)c(NC(C)C(=O)N(CC)CC)n1. The van der Waals surface area contributed by atoms with Crippen LogP contribution in [0.15, 0.2) is 0 Å². The molecule has 1 aromatic rings. The maximum Gasteiger partial charge on any atom is 0.244 e. The van der Waals surface area contributed by atoms with Gasteiger partial charge in [0.1, 0.15) is 23.5 Å². The highest BCUT2D eigenvalue weighted by Gasteiger charge is 2.19. The second-order valence-electron chi connectivity index (χ2n) is 4.73. The fourth-order valence-corrected chi connectivity index (χ4v) is 1.96. The van der Waals surface area contributed by atoms with Crippen LogP contribution in [0.4, 0.5) is 11.6 Å². The van der Waals surface area contributed by atoms with Crippen molar-refractivity contribution in [1.82, 2.24) is 14.9 Å². The zero-order valence-electron chi connectivity index (χ0n) is 13.0. The van der Waals surface area contributed by atoms with Crippen LogP contribution in [0.25, 0.3) is 0 Å². The van der Waals surface area contributed by atoms with Crippen LogP contribution in [0, 0.1) is 6.92 Å². The topological polar surface area (TPSA) is 84.1 Å². The average Bonchev–Trinajstić information content (AvgIpc) is 2.44. The van der Waals surface area contributed by atoms with E-state index in [-0.39, 0.29) is 11.9 Å². The molecule has 1 heterocycles. The largest absolute Gasteiger partial charge is 0.383 e. The molecular formula is C14H25N5O. The monoisotopic (exact) mass is 279 g/mol. The highest BCUT2D eigenvalue weighted by Crippen LogP contribution is 2.18. The number of carbonyl (C=O) groups excluding carboxylic acids is 1. The molecule has 0 aromatic carbocycles. The number of rotatable bonds is 6. The molecule has 1 unspecified atom stereocenters. The number of aryl methyl sites for hydroxylation is 1. The molecule has 1 rings (SSSR count). The molecule has 1 amide bonds. The van der Waals surface area contributed by atoms with E-state index < -0.39 is 0 Å². The Balaban J connectivity index is 2.92. The molecule has 3 N–H and O–H groups in total. The summed E-state index contributed by atoms with van der Waals surface area (Å²) in [6.07, 6.45) is 0.706. The van der Waals surface area contributed by atoms with Crippen LogP contribution in [0.1, 0.15) is 39.1 Å². The minimum atomic E-state index is -0.340. The molecule has 0 saturated heterocycles. The fourth-order valence-electron chi connectivity index (χ4n) is 1.96. The van der Waals surface area contributed by atoms with Gasteiger partial charge in [0, 0.05) is 25.1 Å². The van der Waals surface area contributed by atoms with Crippen molar-refractivity contribution in [3.63, 3.8) is 0 Å². The molecule has 0 aliphatic heterocycles. The molecule has 112 valence electrons. The summed E-state index contributed by atoms with van der Waals surface area (Å²) in [5.41, 5.74) is 6.65. The third kappa shape index (κ3) is 3.59. The molecule has 20 heavy (non-hydrogen) atoms. The molecule has 0 spiro atoms. The number of hydrogen-bond acceptors (Lipinski definition) is 5. The predicted molar refractivity (Wildman–Crippen MR) is 81.6 cm³/mol. The summed E-state index contributed by atoms with van der Waals surface area (Å²) in [5.74, 6) is 1.84. The lowest BCUT2D eigenvalue weighted by Crippen LogP contribution is -2.41. The average molecular weight is 279 g/mol. The first-order chi connectivity index (χ1) is 9.44. The number of hydrogen-bond donors (Lipinski definition) is 2. The normalized spacial score (nSPS) is 12.1. The van der Waals surface area contributed by atoms with E-state index in [0.717, 1.165) is 5.56 Å². The van der Waals surface area contributed by atoms with Gasteiger partial charge in [-0.25, -0.2) is 9.97 Å². The molecule has 0 bridgehead atoms. The lowest BCUT2D eigenvalue weighted by atomic mass is 10.2. The van der Waals surface area contributed by atoms with Gasteiger partial charge in [-0.2, -0.15) is 0 Å². The number of nitrogen functional groups attached to an aromatic ring is 1. The summed E-state index contributed by atoms with van der Waals surface area (Å²) in [5, 5.41) is 3.15. The van der Waals surface area contributed by atoms with Gasteiger partial charge in [0.05, 0.1) is 0 Å². The first-order valence-electron chi connectivity index (χ1n) is 7.12. The van der Waals surface area contributed by atoms with Crippen LogP contribution >= 0.6 is 0 Å². The van der Waals surface area contributed by atoms with Gasteiger partial charge in [-0.1, -0.05) is 6.92 Å². The number of carbonyl (C=O) groups is 1. The predicted octanol–water partition coefficient (Wildman–Crippen LogP) is 1.60. The van der Waals surface area contributed by atoms with Crippen molar-refractivity contribution in [3.8, 4) is 0 Å². The zero-order chi connectivity index (χ0) is 15.3. The van der Waals surface area contributed by atoms with E-state index in [1.807, 2.05) is 34.6 Å². The van der Waals surface area contributed by atoms with Gasteiger partial charge in [-0.15, -0.1) is 0 Å². The second-order valence-corrected chi connectivity index (χ2v) is 4.73. The van der Waals surface area contributed by atoms with Crippen molar-refractivity contribution in [2.45, 2.75) is 47.1 Å². The van der Waals surface area contributed by atoms with E-state index in [9.17, 15) is 4.79 Å². The molecule has 0 radical (unpaired) electrons. The molecule has 6 heteroatoms. The Hall–Kier alpha value is -1.85. The third-order valence-corrected chi connectivity index (χ3v) is 3.34. The first kappa shape index (κ1) is 16.2. The van der Waals surface area contributed by atoms with E-state index in [2.05, 4.69) is 15.3 Å². The number of likely N-dealkylation sites (N-methyl/N-ethyl adjacent to an activating group) is 1. The maximum atomic E-state index is 12.2. The third-order valence-electron chi connectivity index (χ3n) is 3.34. The molecule has 1 atom stereocenters. The van der Waals surface area contributed by atoms with E-state index >= 15 is 0 Å². The van der Waals surface area contributed by atoms with Gasteiger partial charge >= 0.3 is 0 Å². The quantitative estimate of drug-likeness (QED) is 0.826. The number of aromatic nitrogens is 2. The number of amides is 1. The summed E-state index contributed by atoms with van der Waals surface area (Å²) in [6, 6.07) is -0.340. The molecule has 0 aliphatic carbocycles. The van der Waals surface area contributed by atoms with Crippen LogP contribution in [0.5, 0.6) is 0 Å². The fraction of sp³-hybridized carbons (Fsp3) is 0.643. The Labute approximate surface area is 120 Å². The summed E-state index contributed by atoms with van der Waals surface area (Å²) in [6.45, 7) is 11.0. The van der Waals surface area contributed by atoms with Crippen LogP contribution < -0.4 is 11.1 Å². The van der Waals surface area contributed by atoms with Gasteiger partial charge in [-0.05, 0) is 27.7 Å². The minimum absolute atomic E-state index is 0.0598. The Kier molecular flexibility index (Phi) is 5.73. The van der Waals surface area contributed by atoms with E-state index in [1.54, 1.807) is 4.90 Å². The summed E-state index contributed by atoms with van der Waals surface area (Å²) < 4.78 is 0. The molecule has 6 nitrogen and oxygen atoms in total. The van der Waals surface area contributed by atoms with Gasteiger partial charge in [0.15, 0.2) is 0 Å². The number of nitrogens with zero attached hydrogens (tertiary/aromatic N) is 3. The highest BCUT2D eigenvalue weighted by molar-refractivity contribution is 5.84. The number of nitrogens with two attached hydrogens (primary N) is 1. The lowest BCUT2D eigenvalue weighted by Gasteiger charge is -2.24. The van der Waals surface area contributed by atoms with Crippen LogP contribution in [-0.2, 0) is 11.2 Å². The molecule has 1 aromatic heterocycles. The minimum Gasteiger partial charge on any atom is -0.383 e. The van der Waals surface area contributed by atoms with Crippen molar-refractivity contribution < 1.29 is 4.79 Å². The Morgan fingerprint density at radius 2 is 1.90 bits per heavy atom. The van der Waals surface area contributed by atoms with Gasteiger partial charge in [0.25, 0.3) is 0 Å². The Morgan fingerprint density at radius 3 is 2.40 bits per heavy atom. The van der Waals surface area contributed by atoms with Crippen molar-refractivity contribution in [2.24, 2.45) is 0 Å². The van der Waals surface area contributed by atoms with Crippen molar-refractivity contribution in [1.29, 1.82) is 0 Å². The molecular weight excluding hydrogens is 254 g/mol. The summed E-state index contributed by atoms with van der Waals surface area (Å²) in [7, 11) is 0. The summed E-state index contributed by atoms with van der Waals surface area (Å²) in [4.78, 5) is 22.7. The smallest absolute Gasteiger partial charge is 0.244 e. The molecule has 0 fully saturated rings. The van der Waals surface area contributed by atoms with E-state index in [4.69, 9.17) is 5.73 Å². The van der Waals surface area contributed by atoms with Crippen molar-refractivity contribution in [2.75, 3.05) is 24.1 Å². The number of anilines is 2. The van der Waals surface area contributed by atoms with E-state index in [0.29, 0.717) is 37.0 Å². The zero-order valence-corrected chi connectivity index (χ0v) is 13.0. The van der Waals surface area contributed by atoms with Crippen molar-refractivity contribution in [3.05, 3.63) is 11.4 Å². The van der Waals surface area contributed by atoms with E-state index in [1.165, 1.54) is 0 Å². The van der Waals surface area contributed by atoms with Gasteiger partial charge in [-0.3, -0.25) is 4.79 Å². The molecule has 0 saturated carbocycles. The first-order valence-corrected chi connectivity index (χ1v) is 7.12. The second kappa shape index (κ2) is 7.07. The van der Waals surface area contributed by atoms with Crippen LogP contribution in [0.3, 0.4) is 0 Å². The maximum absolute atomic E-state index is 12.2. The molecule has 0 aliphatic rings. The van der Waals surface area contributed by atoms with Crippen LogP contribution in [0.2, 0.25) is 0 Å². The van der Waals surface area contributed by atoms with Crippen molar-refractivity contribution >= 4 is 17.5 Å². The van der Waals surface area contributed by atoms with Gasteiger partial charge < -0.3 is 16.0 Å². The summed E-state index contributed by atoms with van der Waals surface area (Å²) >= 11 is 0. The Bertz CT molecular complexity index is 471. The Morgan fingerprint density at radius 1 is 1.30 bits per heavy atom. The highest BCUT2D eigenvalue weighted by atomic mass is 16.2. The number of nitrogens with one attached hydrogen (secondary N) is 1. The standard InChI is InChI=1S/C14H25N5O/c1-6-11-17-12(15)9(4)13(18-11)16-10(5)14(20)19(7-2)8-3/h10H,6-8H2,1-5H3,(H3,15,16,17,18). The van der Waals surface area contributed by atoms with Crippen LogP contribution in [-0.4, -0.2) is 39.9 Å².